The molecular formula is C5H5IN2O. The van der Waals surface area contributed by atoms with Crippen molar-refractivity contribution < 1.29 is 5.11 Å². The third-order valence-corrected chi connectivity index (χ3v) is 1.39. The molecule has 2 N–H and O–H groups in total. The predicted molar refractivity (Wildman–Crippen MR) is 43.5 cm³/mol. The highest BCUT2D eigenvalue weighted by Crippen LogP contribution is 2.12. The fourth-order valence-corrected chi connectivity index (χ4v) is 0.766. The molecule has 0 radical (unpaired) electrons. The maximum atomic E-state index is 8.86. The monoisotopic (exact) mass is 236 g/mol. The first-order chi connectivity index (χ1) is 4.33. The topological polar surface area (TPSA) is 45.2 Å². The summed E-state index contributed by atoms with van der Waals surface area (Å²) >= 11 is 1.95. The molecule has 1 heterocycles. The van der Waals surface area contributed by atoms with Crippen LogP contribution in [0.5, 0.6) is 5.75 Å². The highest BCUT2D eigenvalue weighted by Gasteiger charge is 1.89. The van der Waals surface area contributed by atoms with Crippen LogP contribution < -0.4 is 3.53 Å². The zero-order valence-corrected chi connectivity index (χ0v) is 6.66. The number of hydrogen-bond donors (Lipinski definition) is 2. The first kappa shape index (κ1) is 6.60. The number of aromatic nitrogens is 1. The van der Waals surface area contributed by atoms with Crippen LogP contribution in [-0.2, 0) is 0 Å². The number of aromatic hydroxyl groups is 1. The molecule has 0 spiro atoms. The van der Waals surface area contributed by atoms with Crippen LogP contribution in [-0.4, -0.2) is 10.1 Å². The van der Waals surface area contributed by atoms with E-state index in [2.05, 4.69) is 8.51 Å². The minimum Gasteiger partial charge on any atom is -0.508 e. The van der Waals surface area contributed by atoms with Crippen molar-refractivity contribution in [2.75, 3.05) is 3.53 Å². The summed E-state index contributed by atoms with van der Waals surface area (Å²) in [5.74, 6) is 0.889. The molecule has 0 saturated carbocycles. The number of halogens is 1. The van der Waals surface area contributed by atoms with E-state index in [-0.39, 0.29) is 5.75 Å². The molecule has 0 aliphatic rings. The number of anilines is 1. The summed E-state index contributed by atoms with van der Waals surface area (Å²) in [6.07, 6.45) is 1.54. The molecule has 1 rings (SSSR count). The van der Waals surface area contributed by atoms with Gasteiger partial charge in [-0.2, -0.15) is 0 Å². The fourth-order valence-electron chi connectivity index (χ4n) is 0.471. The summed E-state index contributed by atoms with van der Waals surface area (Å²) in [6, 6.07) is 3.07. The minimum absolute atomic E-state index is 0.226. The highest BCUT2D eigenvalue weighted by molar-refractivity contribution is 14.1. The lowest BCUT2D eigenvalue weighted by molar-refractivity contribution is 0.475. The van der Waals surface area contributed by atoms with Crippen molar-refractivity contribution in [1.29, 1.82) is 0 Å². The van der Waals surface area contributed by atoms with E-state index in [1.54, 1.807) is 6.07 Å². The van der Waals surface area contributed by atoms with Gasteiger partial charge in [0.05, 0.1) is 22.9 Å². The second-order valence-corrected chi connectivity index (χ2v) is 2.03. The molecule has 0 amide bonds. The minimum atomic E-state index is 0.226. The maximum Gasteiger partial charge on any atom is 0.138 e. The van der Waals surface area contributed by atoms with E-state index in [0.717, 1.165) is 0 Å². The molecule has 48 valence electrons. The van der Waals surface area contributed by atoms with Gasteiger partial charge in [-0.05, 0) is 6.07 Å². The van der Waals surface area contributed by atoms with Crippen molar-refractivity contribution in [2.45, 2.75) is 0 Å². The van der Waals surface area contributed by atoms with Crippen LogP contribution in [0.2, 0.25) is 0 Å². The average Bonchev–Trinajstić information content (AvgIpc) is 1.88. The Balaban J connectivity index is 2.94. The molecule has 0 aliphatic heterocycles. The van der Waals surface area contributed by atoms with E-state index in [9.17, 15) is 0 Å². The molecule has 3 nitrogen and oxygen atoms in total. The molecule has 1 aromatic heterocycles. The van der Waals surface area contributed by atoms with Gasteiger partial charge in [-0.25, -0.2) is 4.98 Å². The lowest BCUT2D eigenvalue weighted by Crippen LogP contribution is -1.81. The van der Waals surface area contributed by atoms with E-state index in [1.165, 1.54) is 12.3 Å². The SMILES string of the molecule is Oc1ccnc(NI)c1. The second kappa shape index (κ2) is 2.86. The zero-order valence-electron chi connectivity index (χ0n) is 4.50. The van der Waals surface area contributed by atoms with Crippen molar-refractivity contribution in [1.82, 2.24) is 4.98 Å². The largest absolute Gasteiger partial charge is 0.508 e. The zero-order chi connectivity index (χ0) is 6.69. The summed E-state index contributed by atoms with van der Waals surface area (Å²) in [7, 11) is 0. The number of nitrogens with one attached hydrogen (secondary N) is 1. The van der Waals surface area contributed by atoms with Crippen molar-refractivity contribution in [3.63, 3.8) is 0 Å². The van der Waals surface area contributed by atoms with E-state index in [1.807, 2.05) is 22.9 Å². The van der Waals surface area contributed by atoms with Gasteiger partial charge in [0.15, 0.2) is 0 Å². The molecule has 0 aliphatic carbocycles. The number of hydrogen-bond acceptors (Lipinski definition) is 3. The molecule has 1 aromatic rings. The van der Waals surface area contributed by atoms with E-state index in [4.69, 9.17) is 5.11 Å². The molecule has 0 unspecified atom stereocenters. The van der Waals surface area contributed by atoms with Gasteiger partial charge in [0.2, 0.25) is 0 Å². The Kier molecular flexibility index (Phi) is 2.10. The fraction of sp³-hybridized carbons (Fsp3) is 0. The number of nitrogens with zero attached hydrogens (tertiary/aromatic N) is 1. The Hall–Kier alpha value is -0.520. The lowest BCUT2D eigenvalue weighted by atomic mass is 10.4. The standard InChI is InChI=1S/C5H5IN2O/c6-8-5-3-4(9)1-2-7-5/h1-3H,(H2,7,8,9). The lowest BCUT2D eigenvalue weighted by Gasteiger charge is -1.94. The Morgan fingerprint density at radius 2 is 2.44 bits per heavy atom. The number of pyridine rings is 1. The molecule has 0 bridgehead atoms. The second-order valence-electron chi connectivity index (χ2n) is 1.49. The van der Waals surface area contributed by atoms with Crippen molar-refractivity contribution in [2.24, 2.45) is 0 Å². The van der Waals surface area contributed by atoms with Gasteiger partial charge in [-0.1, -0.05) is 0 Å². The Labute approximate surface area is 66.6 Å². The normalized spacial score (nSPS) is 9.00. The van der Waals surface area contributed by atoms with Gasteiger partial charge >= 0.3 is 0 Å². The molecule has 0 aromatic carbocycles. The predicted octanol–water partition coefficient (Wildman–Crippen LogP) is 1.55. The molecule has 4 heteroatoms. The van der Waals surface area contributed by atoms with Gasteiger partial charge in [-0.15, -0.1) is 0 Å². The Morgan fingerprint density at radius 1 is 1.67 bits per heavy atom. The Bertz CT molecular complexity index is 204. The quantitative estimate of drug-likeness (QED) is 0.574. The Morgan fingerprint density at radius 3 is 2.89 bits per heavy atom. The first-order valence-corrected chi connectivity index (χ1v) is 3.42. The maximum absolute atomic E-state index is 8.86. The van der Waals surface area contributed by atoms with Crippen molar-refractivity contribution in [3.05, 3.63) is 18.3 Å². The van der Waals surface area contributed by atoms with Crippen LogP contribution in [0.4, 0.5) is 5.82 Å². The average molecular weight is 236 g/mol. The summed E-state index contributed by atoms with van der Waals surface area (Å²) < 4.78 is 2.77. The van der Waals surface area contributed by atoms with E-state index < -0.39 is 0 Å². The molecule has 0 fully saturated rings. The third kappa shape index (κ3) is 1.70. The van der Waals surface area contributed by atoms with Crippen LogP contribution in [0.15, 0.2) is 18.3 Å². The van der Waals surface area contributed by atoms with Crippen molar-refractivity contribution >= 4 is 28.7 Å². The van der Waals surface area contributed by atoms with Gasteiger partial charge in [-0.3, -0.25) is 0 Å². The highest BCUT2D eigenvalue weighted by atomic mass is 127. The first-order valence-electron chi connectivity index (χ1n) is 2.34. The third-order valence-electron chi connectivity index (χ3n) is 0.840. The number of rotatable bonds is 1. The summed E-state index contributed by atoms with van der Waals surface area (Å²) in [6.45, 7) is 0. The van der Waals surface area contributed by atoms with Crippen LogP contribution in [0.1, 0.15) is 0 Å². The van der Waals surface area contributed by atoms with Crippen LogP contribution >= 0.6 is 22.9 Å². The van der Waals surface area contributed by atoms with E-state index >= 15 is 0 Å². The molecular weight excluding hydrogens is 231 g/mol. The summed E-state index contributed by atoms with van der Waals surface area (Å²) in [4.78, 5) is 3.88. The van der Waals surface area contributed by atoms with Gasteiger partial charge in [0, 0.05) is 12.3 Å². The molecule has 0 atom stereocenters. The summed E-state index contributed by atoms with van der Waals surface area (Å²) in [5.41, 5.74) is 0. The van der Waals surface area contributed by atoms with E-state index in [0.29, 0.717) is 5.82 Å². The van der Waals surface area contributed by atoms with Crippen LogP contribution in [0, 0.1) is 0 Å². The molecule has 0 saturated heterocycles. The van der Waals surface area contributed by atoms with Gasteiger partial charge in [0.25, 0.3) is 0 Å². The summed E-state index contributed by atoms with van der Waals surface area (Å²) in [5, 5.41) is 8.86. The van der Waals surface area contributed by atoms with Gasteiger partial charge in [0.1, 0.15) is 11.6 Å². The van der Waals surface area contributed by atoms with Crippen molar-refractivity contribution in [3.8, 4) is 5.75 Å². The van der Waals surface area contributed by atoms with Gasteiger partial charge < -0.3 is 8.64 Å². The van der Waals surface area contributed by atoms with Crippen LogP contribution in [0.25, 0.3) is 0 Å². The molecule has 9 heavy (non-hydrogen) atoms. The van der Waals surface area contributed by atoms with Crippen LogP contribution in [0.3, 0.4) is 0 Å². The smallest absolute Gasteiger partial charge is 0.138 e.